The molecule has 1 amide bonds. The Bertz CT molecular complexity index is 833. The Morgan fingerprint density at radius 3 is 2.81 bits per heavy atom. The minimum atomic E-state index is -0.140. The van der Waals surface area contributed by atoms with Crippen LogP contribution < -0.4 is 10.2 Å². The first kappa shape index (κ1) is 19.2. The van der Waals surface area contributed by atoms with Gasteiger partial charge in [-0.15, -0.1) is 12.4 Å². The quantitative estimate of drug-likeness (QED) is 0.850. The van der Waals surface area contributed by atoms with E-state index < -0.39 is 0 Å². The van der Waals surface area contributed by atoms with Crippen molar-refractivity contribution in [2.45, 2.75) is 25.2 Å². The zero-order valence-corrected chi connectivity index (χ0v) is 16.8. The Labute approximate surface area is 165 Å². The van der Waals surface area contributed by atoms with Gasteiger partial charge in [0.25, 0.3) is 0 Å². The molecule has 140 valence electrons. The number of carbonyl (C=O) groups excluding carboxylic acids is 1. The summed E-state index contributed by atoms with van der Waals surface area (Å²) in [6.07, 6.45) is 3.88. The fraction of sp³-hybridized carbons (Fsp3) is 0.474. The summed E-state index contributed by atoms with van der Waals surface area (Å²) in [7, 11) is 1.91. The first-order chi connectivity index (χ1) is 11.9. The van der Waals surface area contributed by atoms with Crippen LogP contribution in [0.25, 0.3) is 0 Å². The molecule has 0 bridgehead atoms. The maximum Gasteiger partial charge on any atom is 0.232 e. The predicted octanol–water partition coefficient (Wildman–Crippen LogP) is 3.12. The van der Waals surface area contributed by atoms with Crippen molar-refractivity contribution in [3.8, 4) is 0 Å². The standard InChI is InChI=1S/C19H23ClN4O.ClH/c1-19(2)11-24(16-6-4-5-15(20)17(16)19)18(25)14-9-21-8-13(14)12-7-22-23(3)10-12;/h4-7,10,13-14,21H,8-9,11H2,1-3H3;1H/t13-,14+;/m1./s1. The van der Waals surface area contributed by atoms with E-state index in [0.29, 0.717) is 13.1 Å². The number of fused-ring (bicyclic) bond motifs is 1. The number of aryl methyl sites for hydroxylation is 1. The first-order valence-corrected chi connectivity index (χ1v) is 9.06. The van der Waals surface area contributed by atoms with E-state index in [-0.39, 0.29) is 35.6 Å². The van der Waals surface area contributed by atoms with Gasteiger partial charge in [-0.3, -0.25) is 9.48 Å². The van der Waals surface area contributed by atoms with Gasteiger partial charge in [-0.25, -0.2) is 0 Å². The molecule has 1 N–H and O–H groups in total. The van der Waals surface area contributed by atoms with Gasteiger partial charge in [0.1, 0.15) is 0 Å². The molecule has 2 aliphatic heterocycles. The lowest BCUT2D eigenvalue weighted by Gasteiger charge is -2.26. The molecular formula is C19H24Cl2N4O. The molecule has 0 unspecified atom stereocenters. The summed E-state index contributed by atoms with van der Waals surface area (Å²) in [6.45, 7) is 6.47. The van der Waals surface area contributed by atoms with Gasteiger partial charge in [0, 0.05) is 60.5 Å². The molecule has 3 heterocycles. The number of hydrogen-bond donors (Lipinski definition) is 1. The van der Waals surface area contributed by atoms with Crippen LogP contribution in [-0.4, -0.2) is 35.3 Å². The molecule has 0 saturated carbocycles. The second-order valence-corrected chi connectivity index (χ2v) is 8.17. The van der Waals surface area contributed by atoms with Crippen molar-refractivity contribution in [2.75, 3.05) is 24.5 Å². The molecule has 0 radical (unpaired) electrons. The molecule has 7 heteroatoms. The topological polar surface area (TPSA) is 50.2 Å². The fourth-order valence-corrected chi connectivity index (χ4v) is 4.71. The van der Waals surface area contributed by atoms with Gasteiger partial charge in [-0.05, 0) is 17.7 Å². The zero-order valence-electron chi connectivity index (χ0n) is 15.2. The van der Waals surface area contributed by atoms with Gasteiger partial charge in [-0.1, -0.05) is 31.5 Å². The van der Waals surface area contributed by atoms with Crippen molar-refractivity contribution in [3.05, 3.63) is 46.7 Å². The van der Waals surface area contributed by atoms with Crippen LogP contribution in [0.2, 0.25) is 5.02 Å². The number of nitrogens with zero attached hydrogens (tertiary/aromatic N) is 3. The number of carbonyl (C=O) groups is 1. The van der Waals surface area contributed by atoms with E-state index in [1.807, 2.05) is 42.5 Å². The predicted molar refractivity (Wildman–Crippen MR) is 106 cm³/mol. The van der Waals surface area contributed by atoms with E-state index in [9.17, 15) is 4.79 Å². The normalized spacial score (nSPS) is 23.6. The molecule has 1 aromatic carbocycles. The van der Waals surface area contributed by atoms with Crippen LogP contribution in [0.4, 0.5) is 5.69 Å². The fourth-order valence-electron chi connectivity index (χ4n) is 4.28. The first-order valence-electron chi connectivity index (χ1n) is 8.68. The summed E-state index contributed by atoms with van der Waals surface area (Å²) in [6, 6.07) is 5.84. The molecular weight excluding hydrogens is 371 g/mol. The van der Waals surface area contributed by atoms with Gasteiger partial charge >= 0.3 is 0 Å². The van der Waals surface area contributed by atoms with E-state index in [4.69, 9.17) is 11.6 Å². The van der Waals surface area contributed by atoms with Crippen LogP contribution in [0.5, 0.6) is 0 Å². The number of benzene rings is 1. The summed E-state index contributed by atoms with van der Waals surface area (Å²) in [5, 5.41) is 8.39. The highest BCUT2D eigenvalue weighted by atomic mass is 35.5. The largest absolute Gasteiger partial charge is 0.315 e. The maximum absolute atomic E-state index is 13.4. The zero-order chi connectivity index (χ0) is 17.8. The van der Waals surface area contributed by atoms with Crippen molar-refractivity contribution in [3.63, 3.8) is 0 Å². The van der Waals surface area contributed by atoms with Crippen molar-refractivity contribution < 1.29 is 4.79 Å². The number of hydrogen-bond acceptors (Lipinski definition) is 3. The Hall–Kier alpha value is -1.56. The van der Waals surface area contributed by atoms with Gasteiger partial charge in [0.15, 0.2) is 0 Å². The molecule has 26 heavy (non-hydrogen) atoms. The van der Waals surface area contributed by atoms with E-state index in [0.717, 1.165) is 28.4 Å². The van der Waals surface area contributed by atoms with Gasteiger partial charge in [0.05, 0.1) is 12.1 Å². The minimum absolute atomic E-state index is 0. The van der Waals surface area contributed by atoms with Crippen LogP contribution in [0.1, 0.15) is 30.9 Å². The minimum Gasteiger partial charge on any atom is -0.315 e. The summed E-state index contributed by atoms with van der Waals surface area (Å²) >= 11 is 6.45. The Balaban J connectivity index is 0.00000196. The summed E-state index contributed by atoms with van der Waals surface area (Å²) in [5.41, 5.74) is 3.02. The van der Waals surface area contributed by atoms with Gasteiger partial charge in [0.2, 0.25) is 5.91 Å². The average molecular weight is 395 g/mol. The third kappa shape index (κ3) is 3.02. The SMILES string of the molecule is Cl.Cn1cc([C@H]2CNC[C@@H]2C(=O)N2CC(C)(C)c3c(Cl)cccc32)cn1. The van der Waals surface area contributed by atoms with Gasteiger partial charge < -0.3 is 10.2 Å². The van der Waals surface area contributed by atoms with Crippen LogP contribution in [-0.2, 0) is 17.3 Å². The highest BCUT2D eigenvalue weighted by Gasteiger charge is 2.44. The number of aromatic nitrogens is 2. The number of anilines is 1. The molecule has 2 aromatic rings. The molecule has 0 aliphatic carbocycles. The summed E-state index contributed by atoms with van der Waals surface area (Å²) < 4.78 is 1.79. The van der Waals surface area contributed by atoms with Crippen molar-refractivity contribution >= 4 is 35.6 Å². The molecule has 5 nitrogen and oxygen atoms in total. The Morgan fingerprint density at radius 2 is 2.12 bits per heavy atom. The van der Waals surface area contributed by atoms with Crippen LogP contribution in [0.15, 0.2) is 30.6 Å². The van der Waals surface area contributed by atoms with Gasteiger partial charge in [-0.2, -0.15) is 5.10 Å². The van der Waals surface area contributed by atoms with E-state index >= 15 is 0 Å². The monoisotopic (exact) mass is 394 g/mol. The summed E-state index contributed by atoms with van der Waals surface area (Å²) in [4.78, 5) is 15.3. The Kier molecular flexibility index (Phi) is 5.08. The molecule has 4 rings (SSSR count). The number of rotatable bonds is 2. The molecule has 0 spiro atoms. The second-order valence-electron chi connectivity index (χ2n) is 7.76. The number of nitrogens with one attached hydrogen (secondary N) is 1. The summed E-state index contributed by atoms with van der Waals surface area (Å²) in [5.74, 6) is 0.255. The number of amides is 1. The average Bonchev–Trinajstić information content (AvgIpc) is 3.24. The smallest absolute Gasteiger partial charge is 0.232 e. The van der Waals surface area contributed by atoms with E-state index in [1.165, 1.54) is 0 Å². The molecule has 1 saturated heterocycles. The highest BCUT2D eigenvalue weighted by molar-refractivity contribution is 6.32. The third-order valence-electron chi connectivity index (χ3n) is 5.46. The second kappa shape index (κ2) is 6.87. The third-order valence-corrected chi connectivity index (χ3v) is 5.78. The van der Waals surface area contributed by atoms with Crippen LogP contribution in [0, 0.1) is 5.92 Å². The van der Waals surface area contributed by atoms with E-state index in [2.05, 4.69) is 24.3 Å². The van der Waals surface area contributed by atoms with Crippen molar-refractivity contribution in [1.29, 1.82) is 0 Å². The molecule has 2 aliphatic rings. The Morgan fingerprint density at radius 1 is 1.35 bits per heavy atom. The molecule has 1 fully saturated rings. The van der Waals surface area contributed by atoms with Crippen molar-refractivity contribution in [2.24, 2.45) is 13.0 Å². The maximum atomic E-state index is 13.4. The van der Waals surface area contributed by atoms with Crippen LogP contribution >= 0.6 is 24.0 Å². The van der Waals surface area contributed by atoms with Crippen molar-refractivity contribution in [1.82, 2.24) is 15.1 Å². The molecule has 1 aromatic heterocycles. The van der Waals surface area contributed by atoms with Crippen LogP contribution in [0.3, 0.4) is 0 Å². The molecule has 2 atom stereocenters. The lowest BCUT2D eigenvalue weighted by Crippen LogP contribution is -2.40. The van der Waals surface area contributed by atoms with E-state index in [1.54, 1.807) is 4.68 Å². The lowest BCUT2D eigenvalue weighted by molar-refractivity contribution is -0.122. The lowest BCUT2D eigenvalue weighted by atomic mass is 9.87. The highest BCUT2D eigenvalue weighted by Crippen LogP contribution is 2.45. The number of halogens is 2.